The van der Waals surface area contributed by atoms with Crippen molar-refractivity contribution in [2.45, 2.75) is 65.7 Å². The van der Waals surface area contributed by atoms with E-state index in [1.165, 1.54) is 6.07 Å². The molecule has 6 heteroatoms. The second-order valence-electron chi connectivity index (χ2n) is 9.34. The topological polar surface area (TPSA) is 55.3 Å². The van der Waals surface area contributed by atoms with E-state index >= 15 is 0 Å². The van der Waals surface area contributed by atoms with Gasteiger partial charge in [0.25, 0.3) is 0 Å². The Kier molecular flexibility index (Phi) is 7.10. The molecule has 5 nitrogen and oxygen atoms in total. The molecule has 0 fully saturated rings. The minimum Gasteiger partial charge on any atom is -0.300 e. The van der Waals surface area contributed by atoms with Crippen LogP contribution in [0.5, 0.6) is 0 Å². The maximum Gasteiger partial charge on any atom is 0.250 e. The standard InChI is InChI=1S/C25H34FN3O2/c1-14(2)23-22-13-20(16(4)10-15(3)11-17(5)30)21-12-18(26)8-9-19(21)24(22)28-25(27-23)29(6)31-7/h8-9,12,14-16,20H,10-11,13H2,1-7H3/t15-,16+,20?/m1/s1. The molecule has 1 aliphatic carbocycles. The van der Waals surface area contributed by atoms with E-state index in [2.05, 4.69) is 27.7 Å². The van der Waals surface area contributed by atoms with Gasteiger partial charge in [-0.05, 0) is 67.2 Å². The van der Waals surface area contributed by atoms with Gasteiger partial charge in [0.05, 0.1) is 18.5 Å². The number of rotatable bonds is 8. The second kappa shape index (κ2) is 9.43. The Bertz CT molecular complexity index is 960. The van der Waals surface area contributed by atoms with Crippen LogP contribution < -0.4 is 5.06 Å². The van der Waals surface area contributed by atoms with Crippen molar-refractivity contribution in [1.82, 2.24) is 9.97 Å². The molecule has 1 heterocycles. The summed E-state index contributed by atoms with van der Waals surface area (Å²) in [6.45, 7) is 10.2. The molecule has 168 valence electrons. The normalized spacial score (nSPS) is 17.1. The number of aromatic nitrogens is 2. The lowest BCUT2D eigenvalue weighted by Crippen LogP contribution is -2.25. The first kappa shape index (κ1) is 23.3. The lowest BCUT2D eigenvalue weighted by molar-refractivity contribution is -0.117. The zero-order valence-electron chi connectivity index (χ0n) is 19.7. The van der Waals surface area contributed by atoms with Crippen molar-refractivity contribution in [1.29, 1.82) is 0 Å². The van der Waals surface area contributed by atoms with E-state index in [4.69, 9.17) is 14.8 Å². The summed E-state index contributed by atoms with van der Waals surface area (Å²) < 4.78 is 14.3. The van der Waals surface area contributed by atoms with Crippen LogP contribution in [0, 0.1) is 17.7 Å². The Balaban J connectivity index is 2.10. The maximum atomic E-state index is 14.3. The molecule has 0 spiro atoms. The van der Waals surface area contributed by atoms with Gasteiger partial charge in [-0.15, -0.1) is 0 Å². The number of hydrogen-bond donors (Lipinski definition) is 0. The number of hydroxylamine groups is 1. The van der Waals surface area contributed by atoms with Crippen LogP contribution in [-0.2, 0) is 16.1 Å². The molecule has 0 aliphatic heterocycles. The van der Waals surface area contributed by atoms with E-state index in [9.17, 15) is 9.18 Å². The highest BCUT2D eigenvalue weighted by Crippen LogP contribution is 2.46. The summed E-state index contributed by atoms with van der Waals surface area (Å²) in [5.74, 6) is 1.44. The lowest BCUT2D eigenvalue weighted by atomic mass is 9.71. The van der Waals surface area contributed by atoms with Crippen LogP contribution in [0.15, 0.2) is 18.2 Å². The van der Waals surface area contributed by atoms with Crippen molar-refractivity contribution < 1.29 is 14.0 Å². The van der Waals surface area contributed by atoms with Crippen LogP contribution in [0.25, 0.3) is 11.3 Å². The Hall–Kier alpha value is -2.34. The Morgan fingerprint density at radius 3 is 2.58 bits per heavy atom. The molecule has 1 aliphatic rings. The van der Waals surface area contributed by atoms with Crippen molar-refractivity contribution in [2.75, 3.05) is 19.2 Å². The number of benzene rings is 1. The zero-order chi connectivity index (χ0) is 22.9. The van der Waals surface area contributed by atoms with E-state index in [0.29, 0.717) is 24.2 Å². The van der Waals surface area contributed by atoms with Crippen molar-refractivity contribution in [3.63, 3.8) is 0 Å². The third kappa shape index (κ3) is 4.95. The van der Waals surface area contributed by atoms with Crippen molar-refractivity contribution in [2.24, 2.45) is 11.8 Å². The predicted molar refractivity (Wildman–Crippen MR) is 122 cm³/mol. The maximum absolute atomic E-state index is 14.3. The Labute approximate surface area is 185 Å². The fraction of sp³-hybridized carbons (Fsp3) is 0.560. The Morgan fingerprint density at radius 1 is 1.26 bits per heavy atom. The highest BCUT2D eigenvalue weighted by atomic mass is 19.1. The van der Waals surface area contributed by atoms with E-state index in [1.807, 2.05) is 6.07 Å². The summed E-state index contributed by atoms with van der Waals surface area (Å²) >= 11 is 0. The highest BCUT2D eigenvalue weighted by molar-refractivity contribution is 5.75. The van der Waals surface area contributed by atoms with Crippen LogP contribution in [-0.4, -0.2) is 29.9 Å². The molecule has 0 N–H and O–H groups in total. The van der Waals surface area contributed by atoms with E-state index in [1.54, 1.807) is 32.2 Å². The molecule has 1 aromatic heterocycles. The van der Waals surface area contributed by atoms with Gasteiger partial charge in [-0.2, -0.15) is 0 Å². The average molecular weight is 428 g/mol. The molecule has 3 atom stereocenters. The van der Waals surface area contributed by atoms with Gasteiger partial charge in [0, 0.05) is 24.6 Å². The van der Waals surface area contributed by atoms with E-state index in [-0.39, 0.29) is 23.4 Å². The third-order valence-corrected chi connectivity index (χ3v) is 6.32. The van der Waals surface area contributed by atoms with Gasteiger partial charge in [0.1, 0.15) is 11.6 Å². The quantitative estimate of drug-likeness (QED) is 0.507. The van der Waals surface area contributed by atoms with Crippen LogP contribution in [0.1, 0.15) is 76.1 Å². The molecule has 0 saturated heterocycles. The first-order chi connectivity index (χ1) is 14.6. The lowest BCUT2D eigenvalue weighted by Gasteiger charge is -2.34. The van der Waals surface area contributed by atoms with Gasteiger partial charge in [-0.3, -0.25) is 4.84 Å². The van der Waals surface area contributed by atoms with Gasteiger partial charge >= 0.3 is 0 Å². The first-order valence-electron chi connectivity index (χ1n) is 11.1. The Morgan fingerprint density at radius 2 is 1.97 bits per heavy atom. The van der Waals surface area contributed by atoms with Gasteiger partial charge in [-0.1, -0.05) is 27.7 Å². The van der Waals surface area contributed by atoms with E-state index < -0.39 is 0 Å². The van der Waals surface area contributed by atoms with E-state index in [0.717, 1.165) is 40.9 Å². The average Bonchev–Trinajstić information content (AvgIpc) is 2.70. The molecule has 1 unspecified atom stereocenters. The number of hydrogen-bond acceptors (Lipinski definition) is 5. The van der Waals surface area contributed by atoms with Crippen LogP contribution in [0.4, 0.5) is 10.3 Å². The number of Topliss-reactive ketones (excluding diaryl/α,β-unsaturated/α-hetero) is 1. The van der Waals surface area contributed by atoms with Gasteiger partial charge < -0.3 is 4.79 Å². The van der Waals surface area contributed by atoms with Crippen molar-refractivity contribution in [3.05, 3.63) is 40.8 Å². The molecule has 0 radical (unpaired) electrons. The number of fused-ring (bicyclic) bond motifs is 3. The third-order valence-electron chi connectivity index (χ3n) is 6.32. The molecule has 0 saturated carbocycles. The molecule has 0 bridgehead atoms. The summed E-state index contributed by atoms with van der Waals surface area (Å²) in [4.78, 5) is 26.5. The molecular formula is C25H34FN3O2. The minimum atomic E-state index is -0.233. The van der Waals surface area contributed by atoms with Gasteiger partial charge in [0.15, 0.2) is 0 Å². The fourth-order valence-electron chi connectivity index (χ4n) is 4.88. The molecular weight excluding hydrogens is 393 g/mol. The van der Waals surface area contributed by atoms with Crippen LogP contribution in [0.3, 0.4) is 0 Å². The second-order valence-corrected chi connectivity index (χ2v) is 9.34. The summed E-state index contributed by atoms with van der Waals surface area (Å²) in [6.07, 6.45) is 2.26. The summed E-state index contributed by atoms with van der Waals surface area (Å²) in [5, 5.41) is 1.55. The number of carbonyl (C=O) groups excluding carboxylic acids is 1. The van der Waals surface area contributed by atoms with Crippen LogP contribution >= 0.6 is 0 Å². The van der Waals surface area contributed by atoms with Crippen molar-refractivity contribution in [3.8, 4) is 11.3 Å². The number of anilines is 1. The number of halogens is 1. The molecule has 2 aromatic rings. The molecule has 31 heavy (non-hydrogen) atoms. The SMILES string of the molecule is CON(C)c1nc2c(c(C(C)C)n1)CC([C@@H](C)C[C@@H](C)CC(C)=O)c1cc(F)ccc1-2. The van der Waals surface area contributed by atoms with Gasteiger partial charge in [-0.25, -0.2) is 19.4 Å². The minimum absolute atomic E-state index is 0.153. The predicted octanol–water partition coefficient (Wildman–Crippen LogP) is 5.68. The summed E-state index contributed by atoms with van der Waals surface area (Å²) in [7, 11) is 3.36. The first-order valence-corrected chi connectivity index (χ1v) is 11.1. The van der Waals surface area contributed by atoms with Crippen LogP contribution in [0.2, 0.25) is 0 Å². The molecule has 3 rings (SSSR count). The van der Waals surface area contributed by atoms with Gasteiger partial charge in [0.2, 0.25) is 5.95 Å². The molecule has 0 amide bonds. The smallest absolute Gasteiger partial charge is 0.250 e. The highest BCUT2D eigenvalue weighted by Gasteiger charge is 2.33. The number of carbonyl (C=O) groups is 1. The fourth-order valence-corrected chi connectivity index (χ4v) is 4.88. The number of nitrogens with zero attached hydrogens (tertiary/aromatic N) is 3. The summed E-state index contributed by atoms with van der Waals surface area (Å²) in [5.41, 5.74) is 4.97. The molecule has 1 aromatic carbocycles. The largest absolute Gasteiger partial charge is 0.300 e. The number of ketones is 1. The monoisotopic (exact) mass is 427 g/mol. The van der Waals surface area contributed by atoms with Crippen molar-refractivity contribution >= 4 is 11.7 Å². The summed E-state index contributed by atoms with van der Waals surface area (Å²) in [6, 6.07) is 5.01. The zero-order valence-corrected chi connectivity index (χ0v) is 19.7.